The molecule has 1 aromatic heterocycles. The summed E-state index contributed by atoms with van der Waals surface area (Å²) in [6.07, 6.45) is -2.29. The minimum Gasteiger partial charge on any atom is -0.494 e. The van der Waals surface area contributed by atoms with E-state index in [1.165, 1.54) is 6.07 Å². The van der Waals surface area contributed by atoms with Gasteiger partial charge in [0.25, 0.3) is 0 Å². The van der Waals surface area contributed by atoms with Crippen LogP contribution in [0.1, 0.15) is 47.4 Å². The average molecular weight is 485 g/mol. The van der Waals surface area contributed by atoms with Crippen molar-refractivity contribution in [2.75, 3.05) is 18.5 Å². The van der Waals surface area contributed by atoms with Crippen LogP contribution >= 0.6 is 0 Å². The van der Waals surface area contributed by atoms with Crippen molar-refractivity contribution in [3.63, 3.8) is 0 Å². The average Bonchev–Trinajstić information content (AvgIpc) is 3.20. The number of hydrogen-bond donors (Lipinski definition) is 2. The van der Waals surface area contributed by atoms with Gasteiger partial charge in [0.05, 0.1) is 24.3 Å². The summed E-state index contributed by atoms with van der Waals surface area (Å²) < 4.78 is 46.3. The van der Waals surface area contributed by atoms with Gasteiger partial charge in [-0.15, -0.1) is 0 Å². The highest BCUT2D eigenvalue weighted by Crippen LogP contribution is 2.37. The number of carboxylic acid groups (broad SMARTS) is 1. The number of fused-ring (bicyclic) bond motifs is 1. The van der Waals surface area contributed by atoms with E-state index in [4.69, 9.17) is 9.84 Å². The Morgan fingerprint density at radius 1 is 1.14 bits per heavy atom. The molecule has 184 valence electrons. The van der Waals surface area contributed by atoms with Crippen molar-refractivity contribution < 1.29 is 27.8 Å². The second-order valence-corrected chi connectivity index (χ2v) is 8.78. The van der Waals surface area contributed by atoms with Gasteiger partial charge in [-0.2, -0.15) is 13.2 Å². The number of nitrogens with one attached hydrogen (secondary N) is 1. The van der Waals surface area contributed by atoms with Gasteiger partial charge in [-0.3, -0.25) is 4.79 Å². The molecule has 1 atom stereocenters. The molecule has 0 fully saturated rings. The highest BCUT2D eigenvalue weighted by atomic mass is 19.4. The van der Waals surface area contributed by atoms with Crippen molar-refractivity contribution in [1.29, 1.82) is 0 Å². The molecule has 1 aliphatic rings. The van der Waals surface area contributed by atoms with Crippen LogP contribution in [0.25, 0.3) is 11.3 Å². The van der Waals surface area contributed by atoms with Gasteiger partial charge in [-0.1, -0.05) is 35.9 Å². The number of nitrogens with zero attached hydrogens (tertiary/aromatic N) is 1. The molecule has 0 amide bonds. The maximum Gasteiger partial charge on any atom is 0.419 e. The van der Waals surface area contributed by atoms with Crippen LogP contribution in [0.15, 0.2) is 54.6 Å². The minimum absolute atomic E-state index is 0.0340. The molecule has 0 bridgehead atoms. The molecule has 1 aliphatic carbocycles. The van der Waals surface area contributed by atoms with Crippen molar-refractivity contribution in [3.05, 3.63) is 76.9 Å². The van der Waals surface area contributed by atoms with Crippen LogP contribution < -0.4 is 10.1 Å². The van der Waals surface area contributed by atoms with E-state index < -0.39 is 17.7 Å². The smallest absolute Gasteiger partial charge is 0.419 e. The second kappa shape index (κ2) is 10.4. The van der Waals surface area contributed by atoms with Crippen LogP contribution in [-0.4, -0.2) is 29.2 Å². The lowest BCUT2D eigenvalue weighted by Gasteiger charge is -2.15. The van der Waals surface area contributed by atoms with Gasteiger partial charge in [0.1, 0.15) is 11.6 Å². The number of aryl methyl sites for hydroxylation is 2. The summed E-state index contributed by atoms with van der Waals surface area (Å²) in [7, 11) is 0. The zero-order valence-electron chi connectivity index (χ0n) is 19.4. The number of alkyl halides is 3. The molecule has 0 saturated carbocycles. The number of pyridine rings is 1. The maximum absolute atomic E-state index is 13.5. The lowest BCUT2D eigenvalue weighted by atomic mass is 9.98. The molecule has 0 saturated heterocycles. The van der Waals surface area contributed by atoms with Crippen LogP contribution in [-0.2, 0) is 17.4 Å². The highest BCUT2D eigenvalue weighted by Gasteiger charge is 2.34. The quantitative estimate of drug-likeness (QED) is 0.341. The molecule has 5 nitrogen and oxygen atoms in total. The first-order valence-electron chi connectivity index (χ1n) is 11.6. The summed E-state index contributed by atoms with van der Waals surface area (Å²) in [5.41, 5.74) is 3.62. The summed E-state index contributed by atoms with van der Waals surface area (Å²) in [5.74, 6) is -0.289. The highest BCUT2D eigenvalue weighted by molar-refractivity contribution is 5.68. The normalized spacial score (nSPS) is 15.0. The molecule has 0 aliphatic heterocycles. The number of halogens is 3. The number of rotatable bonds is 9. The van der Waals surface area contributed by atoms with Gasteiger partial charge in [-0.05, 0) is 67.5 Å². The number of ether oxygens (including phenoxy) is 1. The van der Waals surface area contributed by atoms with Gasteiger partial charge in [0, 0.05) is 12.1 Å². The van der Waals surface area contributed by atoms with Gasteiger partial charge < -0.3 is 15.2 Å². The van der Waals surface area contributed by atoms with Crippen LogP contribution in [0.2, 0.25) is 0 Å². The molecule has 4 rings (SSSR count). The molecule has 3 aromatic rings. The monoisotopic (exact) mass is 484 g/mol. The van der Waals surface area contributed by atoms with E-state index in [1.54, 1.807) is 0 Å². The zero-order valence-corrected chi connectivity index (χ0v) is 19.4. The fourth-order valence-electron chi connectivity index (χ4n) is 4.37. The Morgan fingerprint density at radius 3 is 2.63 bits per heavy atom. The Morgan fingerprint density at radius 2 is 1.91 bits per heavy atom. The number of aromatic nitrogens is 1. The Balaban J connectivity index is 1.35. The first-order valence-corrected chi connectivity index (χ1v) is 11.6. The largest absolute Gasteiger partial charge is 0.494 e. The van der Waals surface area contributed by atoms with Crippen LogP contribution in [0.3, 0.4) is 0 Å². The number of carbonyl (C=O) groups is 1. The third-order valence-corrected chi connectivity index (χ3v) is 6.17. The van der Waals surface area contributed by atoms with Crippen LogP contribution in [0.4, 0.5) is 19.0 Å². The standard InChI is InChI=1S/C27H27F3N2O3/c1-17-3-5-18(6-4-17)24-12-11-23(27(28,29)30)26(32-24)31-13-2-14-35-21-9-10-22-19(15-21)7-8-20(22)16-25(33)34/h3-6,9-12,15,20H,2,7-8,13-14,16H2,1H3,(H,31,32)(H,33,34)/t20-/m0/s1. The summed E-state index contributed by atoms with van der Waals surface area (Å²) in [6.45, 7) is 2.53. The van der Waals surface area contributed by atoms with Crippen molar-refractivity contribution in [2.24, 2.45) is 0 Å². The molecule has 1 heterocycles. The molecule has 2 N–H and O–H groups in total. The van der Waals surface area contributed by atoms with E-state index in [1.807, 2.05) is 49.4 Å². The molecular weight excluding hydrogens is 457 g/mol. The Bertz CT molecular complexity index is 1190. The maximum atomic E-state index is 13.5. The lowest BCUT2D eigenvalue weighted by Crippen LogP contribution is -2.15. The summed E-state index contributed by atoms with van der Waals surface area (Å²) in [6, 6.07) is 15.6. The Labute approximate surface area is 202 Å². The summed E-state index contributed by atoms with van der Waals surface area (Å²) in [5, 5.41) is 11.9. The molecule has 0 spiro atoms. The SMILES string of the molecule is Cc1ccc(-c2ccc(C(F)(F)F)c(NCCCOc3ccc4c(c3)CC[C@H]4CC(=O)O)n2)cc1. The van der Waals surface area contributed by atoms with E-state index >= 15 is 0 Å². The first-order chi connectivity index (χ1) is 16.7. The number of benzene rings is 2. The third-order valence-electron chi connectivity index (χ3n) is 6.17. The summed E-state index contributed by atoms with van der Waals surface area (Å²) in [4.78, 5) is 15.3. The zero-order chi connectivity index (χ0) is 25.0. The molecule has 0 unspecified atom stereocenters. The first kappa shape index (κ1) is 24.6. The second-order valence-electron chi connectivity index (χ2n) is 8.78. The van der Waals surface area contributed by atoms with E-state index in [2.05, 4.69) is 10.3 Å². The third kappa shape index (κ3) is 6.12. The van der Waals surface area contributed by atoms with E-state index in [0.29, 0.717) is 24.5 Å². The predicted molar refractivity (Wildman–Crippen MR) is 128 cm³/mol. The van der Waals surface area contributed by atoms with Crippen molar-refractivity contribution >= 4 is 11.8 Å². The molecule has 2 aromatic carbocycles. The number of hydrogen-bond acceptors (Lipinski definition) is 4. The van der Waals surface area contributed by atoms with Crippen LogP contribution in [0.5, 0.6) is 5.75 Å². The number of aliphatic carboxylic acids is 1. The fraction of sp³-hybridized carbons (Fsp3) is 0.333. The molecular formula is C27H27F3N2O3. The number of carboxylic acids is 1. The van der Waals surface area contributed by atoms with Gasteiger partial charge in [0.2, 0.25) is 0 Å². The molecule has 8 heteroatoms. The topological polar surface area (TPSA) is 71.5 Å². The fourth-order valence-corrected chi connectivity index (χ4v) is 4.37. The van der Waals surface area contributed by atoms with Crippen LogP contribution in [0, 0.1) is 6.92 Å². The Hall–Kier alpha value is -3.55. The van der Waals surface area contributed by atoms with Gasteiger partial charge >= 0.3 is 12.1 Å². The van der Waals surface area contributed by atoms with Gasteiger partial charge in [-0.25, -0.2) is 4.98 Å². The summed E-state index contributed by atoms with van der Waals surface area (Å²) >= 11 is 0. The molecule has 0 radical (unpaired) electrons. The van der Waals surface area contributed by atoms with Gasteiger partial charge in [0.15, 0.2) is 0 Å². The van der Waals surface area contributed by atoms with Crippen molar-refractivity contribution in [3.8, 4) is 17.0 Å². The van der Waals surface area contributed by atoms with E-state index in [0.717, 1.165) is 41.2 Å². The van der Waals surface area contributed by atoms with E-state index in [9.17, 15) is 18.0 Å². The minimum atomic E-state index is -4.51. The van der Waals surface area contributed by atoms with Crippen molar-refractivity contribution in [1.82, 2.24) is 4.98 Å². The predicted octanol–water partition coefficient (Wildman–Crippen LogP) is 6.46. The number of anilines is 1. The van der Waals surface area contributed by atoms with Crippen molar-refractivity contribution in [2.45, 2.75) is 44.7 Å². The lowest BCUT2D eigenvalue weighted by molar-refractivity contribution is -0.138. The molecule has 35 heavy (non-hydrogen) atoms. The van der Waals surface area contributed by atoms with E-state index in [-0.39, 0.29) is 24.7 Å². The Kier molecular flexibility index (Phi) is 7.28.